The van der Waals surface area contributed by atoms with E-state index in [1.165, 1.54) is 6.92 Å². The number of carbonyl (C=O) groups is 10. The molecular weight excluding hydrogens is 891 g/mol. The molecule has 0 aromatic rings. The highest BCUT2D eigenvalue weighted by molar-refractivity contribution is 5.98. The molecule has 68 heavy (non-hydrogen) atoms. The van der Waals surface area contributed by atoms with E-state index >= 15 is 0 Å². The molecule has 13 N–H and O–H groups in total. The van der Waals surface area contributed by atoms with Crippen LogP contribution in [0.25, 0.3) is 0 Å². The van der Waals surface area contributed by atoms with E-state index in [0.717, 1.165) is 4.90 Å². The molecule has 0 bridgehead atoms. The van der Waals surface area contributed by atoms with E-state index in [9.17, 15) is 68.4 Å². The van der Waals surface area contributed by atoms with Crippen molar-refractivity contribution in [3.05, 3.63) is 0 Å². The van der Waals surface area contributed by atoms with Gasteiger partial charge in [0.05, 0.1) is 18.8 Å². The Morgan fingerprint density at radius 2 is 1.06 bits per heavy atom. The number of aliphatic hydroxyl groups is 2. The Morgan fingerprint density at radius 1 is 0.603 bits per heavy atom. The zero-order valence-electron chi connectivity index (χ0n) is 41.4. The van der Waals surface area contributed by atoms with Crippen molar-refractivity contribution >= 4 is 59.2 Å². The minimum atomic E-state index is -1.71. The third-order valence-corrected chi connectivity index (χ3v) is 11.7. The number of aliphatic hydroxyl groups excluding tert-OH is 2. The van der Waals surface area contributed by atoms with Crippen molar-refractivity contribution in [2.45, 2.75) is 182 Å². The van der Waals surface area contributed by atoms with Crippen molar-refractivity contribution in [3.8, 4) is 0 Å². The normalized spacial score (nSPS) is 18.2. The standard InChI is InChI=1S/C45H79N9O14/c1-12-25(10)33(46)40(62)48-28(18-21(2)3)38(60)51-34(23(6)7)41(63)47-27(15-16-32(57)58)37(59)50-30(20-55)44(66)54-17-13-14-31(54)39(61)53-36(26(11)56)43(65)52-35(24(8)9)42(64)49-29(45(67)68)19-22(4)5/h21-31,33-36,55-56H,12-20,46H2,1-11H3,(H,47,63)(H,48,62)(H,49,64)(H,50,59)(H,51,60)(H,52,65)(H,53,61)(H,57,58)(H,67,68)/t25-,26+,27-,28-,29-,30-,31-,33-,34-,35-,36-/m0/s1. The van der Waals surface area contributed by atoms with Gasteiger partial charge in [-0.25, -0.2) is 4.79 Å². The first kappa shape index (κ1) is 60.6. The largest absolute Gasteiger partial charge is 0.481 e. The highest BCUT2D eigenvalue weighted by Crippen LogP contribution is 2.20. The number of nitrogens with zero attached hydrogens (tertiary/aromatic N) is 1. The van der Waals surface area contributed by atoms with Crippen molar-refractivity contribution in [2.24, 2.45) is 35.3 Å². The summed E-state index contributed by atoms with van der Waals surface area (Å²) in [4.78, 5) is 133. The van der Waals surface area contributed by atoms with Crippen molar-refractivity contribution in [1.82, 2.24) is 42.1 Å². The summed E-state index contributed by atoms with van der Waals surface area (Å²) in [6, 6.07) is -12.0. The molecule has 0 aliphatic carbocycles. The van der Waals surface area contributed by atoms with Gasteiger partial charge in [0.15, 0.2) is 0 Å². The molecule has 388 valence electrons. The number of rotatable bonds is 29. The van der Waals surface area contributed by atoms with Gasteiger partial charge in [-0.3, -0.25) is 43.2 Å². The number of carbonyl (C=O) groups excluding carboxylic acids is 8. The maximum atomic E-state index is 13.9. The summed E-state index contributed by atoms with van der Waals surface area (Å²) in [5.74, 6) is -10.9. The molecule has 23 nitrogen and oxygen atoms in total. The Labute approximate surface area is 399 Å². The molecular formula is C45H79N9O14. The maximum Gasteiger partial charge on any atom is 0.326 e. The summed E-state index contributed by atoms with van der Waals surface area (Å²) in [6.07, 6.45) is -1.37. The molecule has 0 radical (unpaired) electrons. The van der Waals surface area contributed by atoms with E-state index in [1.807, 2.05) is 20.8 Å². The Balaban J connectivity index is 3.28. The molecule has 0 saturated carbocycles. The number of amides is 8. The number of nitrogens with one attached hydrogen (secondary N) is 7. The number of carboxylic acid groups (broad SMARTS) is 2. The summed E-state index contributed by atoms with van der Waals surface area (Å²) in [7, 11) is 0. The van der Waals surface area contributed by atoms with E-state index in [0.29, 0.717) is 6.42 Å². The Morgan fingerprint density at radius 3 is 1.51 bits per heavy atom. The van der Waals surface area contributed by atoms with Gasteiger partial charge in [0.2, 0.25) is 47.3 Å². The molecule has 1 fully saturated rings. The van der Waals surface area contributed by atoms with Crippen LogP contribution in [0.5, 0.6) is 0 Å². The van der Waals surface area contributed by atoms with Gasteiger partial charge in [-0.2, -0.15) is 0 Å². The van der Waals surface area contributed by atoms with Gasteiger partial charge in [-0.15, -0.1) is 0 Å². The Kier molecular flexibility index (Phi) is 25.7. The van der Waals surface area contributed by atoms with E-state index in [2.05, 4.69) is 37.2 Å². The number of hydrogen-bond acceptors (Lipinski definition) is 13. The molecule has 1 aliphatic heterocycles. The average Bonchev–Trinajstić information content (AvgIpc) is 3.75. The van der Waals surface area contributed by atoms with Crippen LogP contribution in [0, 0.1) is 29.6 Å². The van der Waals surface area contributed by atoms with E-state index in [-0.39, 0.29) is 50.0 Å². The smallest absolute Gasteiger partial charge is 0.326 e. The number of hydrogen-bond donors (Lipinski definition) is 12. The summed E-state index contributed by atoms with van der Waals surface area (Å²) in [6.45, 7) is 17.5. The first-order valence-electron chi connectivity index (χ1n) is 23.5. The predicted octanol–water partition coefficient (Wildman–Crippen LogP) is -1.53. The van der Waals surface area contributed by atoms with Gasteiger partial charge in [-0.05, 0) is 68.6 Å². The second-order valence-electron chi connectivity index (χ2n) is 19.2. The van der Waals surface area contributed by atoms with E-state index in [1.54, 1.807) is 48.5 Å². The quantitative estimate of drug-likeness (QED) is 0.0405. The highest BCUT2D eigenvalue weighted by atomic mass is 16.4. The first-order chi connectivity index (χ1) is 31.6. The Bertz CT molecular complexity index is 1760. The minimum Gasteiger partial charge on any atom is -0.481 e. The van der Waals surface area contributed by atoms with Crippen LogP contribution in [0.15, 0.2) is 0 Å². The highest BCUT2D eigenvalue weighted by Gasteiger charge is 2.41. The zero-order valence-corrected chi connectivity index (χ0v) is 41.4. The first-order valence-corrected chi connectivity index (χ1v) is 23.5. The van der Waals surface area contributed by atoms with Crippen LogP contribution >= 0.6 is 0 Å². The molecule has 11 atom stereocenters. The predicted molar refractivity (Wildman–Crippen MR) is 248 cm³/mol. The van der Waals surface area contributed by atoms with Crippen LogP contribution in [0.4, 0.5) is 0 Å². The fourth-order valence-corrected chi connectivity index (χ4v) is 7.42. The molecule has 8 amide bonds. The van der Waals surface area contributed by atoms with Crippen LogP contribution in [0.1, 0.15) is 121 Å². The summed E-state index contributed by atoms with van der Waals surface area (Å²) >= 11 is 0. The summed E-state index contributed by atoms with van der Waals surface area (Å²) in [5.41, 5.74) is 6.10. The van der Waals surface area contributed by atoms with Crippen molar-refractivity contribution in [3.63, 3.8) is 0 Å². The fourth-order valence-electron chi connectivity index (χ4n) is 7.42. The zero-order chi connectivity index (χ0) is 52.3. The number of nitrogens with two attached hydrogens (primary N) is 1. The van der Waals surface area contributed by atoms with Gasteiger partial charge < -0.3 is 68.3 Å². The molecule has 1 saturated heterocycles. The SMILES string of the molecule is CC[C@H](C)[C@H](N)C(=O)N[C@@H](CC(C)C)C(=O)N[C@H](C(=O)N[C@@H](CCC(=O)O)C(=O)N[C@@H](CO)C(=O)N1CCC[C@H]1C(=O)N[C@H](C(=O)N[C@H](C(=O)N[C@@H](CC(C)C)C(=O)O)C(C)C)[C@@H](C)O)C(C)C. The van der Waals surface area contributed by atoms with Gasteiger partial charge in [0.1, 0.15) is 48.3 Å². The van der Waals surface area contributed by atoms with Gasteiger partial charge in [0.25, 0.3) is 0 Å². The second-order valence-corrected chi connectivity index (χ2v) is 19.2. The van der Waals surface area contributed by atoms with Crippen molar-refractivity contribution in [2.75, 3.05) is 13.2 Å². The van der Waals surface area contributed by atoms with Crippen molar-refractivity contribution in [1.29, 1.82) is 0 Å². The third kappa shape index (κ3) is 19.3. The third-order valence-electron chi connectivity index (χ3n) is 11.7. The number of likely N-dealkylation sites (tertiary alicyclic amines) is 1. The lowest BCUT2D eigenvalue weighted by molar-refractivity contribution is -0.144. The molecule has 1 aliphatic rings. The topological polar surface area (TPSA) is 365 Å². The second kappa shape index (κ2) is 28.8. The molecule has 23 heteroatoms. The lowest BCUT2D eigenvalue weighted by atomic mass is 9.97. The van der Waals surface area contributed by atoms with Crippen molar-refractivity contribution < 1.29 is 68.4 Å². The lowest BCUT2D eigenvalue weighted by Gasteiger charge is -2.31. The maximum absolute atomic E-state index is 13.9. The van der Waals surface area contributed by atoms with Crippen LogP contribution < -0.4 is 43.0 Å². The molecule has 0 unspecified atom stereocenters. The summed E-state index contributed by atoms with van der Waals surface area (Å²) < 4.78 is 0. The summed E-state index contributed by atoms with van der Waals surface area (Å²) in [5, 5.41) is 57.4. The average molecular weight is 970 g/mol. The van der Waals surface area contributed by atoms with Crippen LogP contribution in [0.3, 0.4) is 0 Å². The van der Waals surface area contributed by atoms with E-state index < -0.39 is 151 Å². The van der Waals surface area contributed by atoms with Gasteiger partial charge in [-0.1, -0.05) is 75.7 Å². The fraction of sp³-hybridized carbons (Fsp3) is 0.778. The van der Waals surface area contributed by atoms with E-state index in [4.69, 9.17) is 5.73 Å². The number of carboxylic acids is 2. The number of aliphatic carboxylic acids is 2. The Hall–Kier alpha value is -5.42. The lowest BCUT2D eigenvalue weighted by Crippen LogP contribution is -2.62. The molecule has 1 rings (SSSR count). The van der Waals surface area contributed by atoms with Gasteiger partial charge in [0, 0.05) is 13.0 Å². The molecule has 1 heterocycles. The molecule has 0 aromatic heterocycles. The van der Waals surface area contributed by atoms with Crippen LogP contribution in [0.2, 0.25) is 0 Å². The van der Waals surface area contributed by atoms with Crippen LogP contribution in [-0.4, -0.2) is 158 Å². The minimum absolute atomic E-state index is 0.0394. The monoisotopic (exact) mass is 970 g/mol. The van der Waals surface area contributed by atoms with Gasteiger partial charge >= 0.3 is 11.9 Å². The van der Waals surface area contributed by atoms with Crippen LogP contribution in [-0.2, 0) is 47.9 Å². The molecule has 0 spiro atoms. The molecule has 0 aromatic carbocycles.